The summed E-state index contributed by atoms with van der Waals surface area (Å²) >= 11 is 0. The van der Waals surface area contributed by atoms with Crippen LogP contribution < -0.4 is 0 Å². The van der Waals surface area contributed by atoms with Gasteiger partial charge in [-0.25, -0.2) is 0 Å². The molecule has 0 radical (unpaired) electrons. The molecular weight excluding hydrogens is 432 g/mol. The van der Waals surface area contributed by atoms with E-state index < -0.39 is 0 Å². The Balaban J connectivity index is 4.27. The molecule has 192 valence electrons. The molecule has 0 N–H and O–H groups in total. The Kier molecular flexibility index (Phi) is 13.0. The second kappa shape index (κ2) is 15.1. The number of hydrogen-bond donors (Lipinski definition) is 0. The van der Waals surface area contributed by atoms with Gasteiger partial charge < -0.3 is 0 Å². The summed E-state index contributed by atoms with van der Waals surface area (Å²) in [4.78, 5) is 0. The highest BCUT2D eigenvalue weighted by molar-refractivity contribution is 5.45. The van der Waals surface area contributed by atoms with Crippen molar-refractivity contribution < 1.29 is 0 Å². The first-order chi connectivity index (χ1) is 17.4. The van der Waals surface area contributed by atoms with E-state index in [4.69, 9.17) is 0 Å². The molecule has 0 unspecified atom stereocenters. The van der Waals surface area contributed by atoms with Crippen LogP contribution >= 0.6 is 0 Å². The number of rotatable bonds is 21. The van der Waals surface area contributed by atoms with Gasteiger partial charge in [0.25, 0.3) is 0 Å². The van der Waals surface area contributed by atoms with E-state index in [0.717, 1.165) is 57.8 Å². The van der Waals surface area contributed by atoms with Crippen LogP contribution in [-0.2, 0) is 16.2 Å². The van der Waals surface area contributed by atoms with E-state index in [9.17, 15) is 0 Å². The third kappa shape index (κ3) is 6.97. The molecule has 0 saturated heterocycles. The summed E-state index contributed by atoms with van der Waals surface area (Å²) in [6, 6.07) is 7.20. The molecule has 0 aromatic heterocycles. The highest BCUT2D eigenvalue weighted by Gasteiger charge is 2.37. The van der Waals surface area contributed by atoms with Gasteiger partial charge in [-0.2, -0.15) is 0 Å². The summed E-state index contributed by atoms with van der Waals surface area (Å²) in [5.74, 6) is 0. The molecule has 36 heavy (non-hydrogen) atoms. The lowest BCUT2D eigenvalue weighted by atomic mass is 9.64. The van der Waals surface area contributed by atoms with Crippen LogP contribution in [-0.4, -0.2) is 0 Å². The molecule has 0 spiro atoms. The molecular formula is C36H48. The van der Waals surface area contributed by atoms with Gasteiger partial charge in [-0.1, -0.05) is 72.9 Å². The van der Waals surface area contributed by atoms with Crippen molar-refractivity contribution in [2.75, 3.05) is 0 Å². The molecule has 1 aromatic rings. The molecule has 0 aliphatic carbocycles. The number of hydrogen-bond acceptors (Lipinski definition) is 0. The van der Waals surface area contributed by atoms with Crippen LogP contribution in [0.2, 0.25) is 0 Å². The van der Waals surface area contributed by atoms with Crippen molar-refractivity contribution in [2.24, 2.45) is 0 Å². The van der Waals surface area contributed by atoms with Gasteiger partial charge in [0, 0.05) is 16.2 Å². The standard InChI is InChI=1S/C36H48/c1-10-19-34(20-11-2,21-12-3)31-28-32(35(22-13-4,23-14-5)24-15-6)30-33(29-31)36(25-16-7,26-17-8)27-18-9/h10-18,28-30H,1-9,19-27H2. The van der Waals surface area contributed by atoms with Crippen LogP contribution in [0.1, 0.15) is 74.5 Å². The number of allylic oxidation sites excluding steroid dienone is 9. The fourth-order valence-electron chi connectivity index (χ4n) is 5.84. The van der Waals surface area contributed by atoms with E-state index in [1.807, 2.05) is 54.7 Å². The van der Waals surface area contributed by atoms with Gasteiger partial charge >= 0.3 is 0 Å². The molecule has 0 saturated carbocycles. The molecule has 0 heterocycles. The van der Waals surface area contributed by atoms with Crippen molar-refractivity contribution in [3.8, 4) is 0 Å². The predicted octanol–water partition coefficient (Wildman–Crippen LogP) is 10.6. The highest BCUT2D eigenvalue weighted by Crippen LogP contribution is 2.46. The third-order valence-corrected chi connectivity index (χ3v) is 7.59. The Hall–Kier alpha value is -3.12. The lowest BCUT2D eigenvalue weighted by Crippen LogP contribution is -2.31. The van der Waals surface area contributed by atoms with Crippen LogP contribution in [0, 0.1) is 0 Å². The van der Waals surface area contributed by atoms with Gasteiger partial charge in [-0.3, -0.25) is 0 Å². The third-order valence-electron chi connectivity index (χ3n) is 7.59. The topological polar surface area (TPSA) is 0 Å². The minimum atomic E-state index is -0.166. The van der Waals surface area contributed by atoms with Crippen molar-refractivity contribution in [2.45, 2.75) is 74.0 Å². The molecule has 0 bridgehead atoms. The van der Waals surface area contributed by atoms with Crippen molar-refractivity contribution in [3.05, 3.63) is 149 Å². The average molecular weight is 481 g/mol. The smallest absolute Gasteiger partial charge is 0.00562 e. The maximum absolute atomic E-state index is 4.11. The predicted molar refractivity (Wildman–Crippen MR) is 165 cm³/mol. The SMILES string of the molecule is C=CCC(CC=C)(CC=C)c1cc(C(CC=C)(CC=C)CC=C)cc(C(CC=C)(CC=C)CC=C)c1. The molecule has 0 heteroatoms. The molecule has 0 nitrogen and oxygen atoms in total. The van der Waals surface area contributed by atoms with Crippen LogP contribution in [0.15, 0.2) is 132 Å². The van der Waals surface area contributed by atoms with Gasteiger partial charge in [-0.15, -0.1) is 59.2 Å². The van der Waals surface area contributed by atoms with Crippen LogP contribution in [0.3, 0.4) is 0 Å². The zero-order chi connectivity index (χ0) is 27.1. The van der Waals surface area contributed by atoms with Crippen LogP contribution in [0.5, 0.6) is 0 Å². The van der Waals surface area contributed by atoms with Gasteiger partial charge in [0.2, 0.25) is 0 Å². The Bertz CT molecular complexity index is 735. The second-order valence-corrected chi connectivity index (χ2v) is 10.1. The van der Waals surface area contributed by atoms with Crippen LogP contribution in [0.4, 0.5) is 0 Å². The average Bonchev–Trinajstić information content (AvgIpc) is 2.85. The van der Waals surface area contributed by atoms with E-state index in [1.54, 1.807) is 0 Å². The fourth-order valence-corrected chi connectivity index (χ4v) is 5.84. The summed E-state index contributed by atoms with van der Waals surface area (Å²) in [6.45, 7) is 37.0. The molecule has 0 fully saturated rings. The molecule has 0 aliphatic rings. The Labute approximate surface area is 222 Å². The van der Waals surface area contributed by atoms with E-state index in [0.29, 0.717) is 0 Å². The molecule has 0 atom stereocenters. The summed E-state index contributed by atoms with van der Waals surface area (Å²) in [5.41, 5.74) is 3.37. The Morgan fingerprint density at radius 1 is 0.333 bits per heavy atom. The summed E-state index contributed by atoms with van der Waals surface area (Å²) < 4.78 is 0. The van der Waals surface area contributed by atoms with Gasteiger partial charge in [0.1, 0.15) is 0 Å². The maximum atomic E-state index is 4.11. The minimum absolute atomic E-state index is 0.166. The largest absolute Gasteiger partial charge is 0.103 e. The van der Waals surface area contributed by atoms with Crippen LogP contribution in [0.25, 0.3) is 0 Å². The highest BCUT2D eigenvalue weighted by atomic mass is 14.4. The summed E-state index contributed by atoms with van der Waals surface area (Å²) in [5, 5.41) is 0. The first kappa shape index (κ1) is 30.9. The van der Waals surface area contributed by atoms with Crippen molar-refractivity contribution >= 4 is 0 Å². The normalized spacial score (nSPS) is 11.7. The van der Waals surface area contributed by atoms with E-state index in [-0.39, 0.29) is 16.2 Å². The molecule has 1 rings (SSSR count). The molecule has 1 aromatic carbocycles. The van der Waals surface area contributed by atoms with Crippen molar-refractivity contribution in [3.63, 3.8) is 0 Å². The first-order valence-corrected chi connectivity index (χ1v) is 13.0. The zero-order valence-corrected chi connectivity index (χ0v) is 22.7. The van der Waals surface area contributed by atoms with Crippen molar-refractivity contribution in [1.29, 1.82) is 0 Å². The van der Waals surface area contributed by atoms with E-state index in [2.05, 4.69) is 77.4 Å². The second-order valence-electron chi connectivity index (χ2n) is 10.1. The first-order valence-electron chi connectivity index (χ1n) is 13.0. The van der Waals surface area contributed by atoms with E-state index in [1.165, 1.54) is 16.7 Å². The quantitative estimate of drug-likeness (QED) is 0.153. The Morgan fingerprint density at radius 2 is 0.472 bits per heavy atom. The van der Waals surface area contributed by atoms with Gasteiger partial charge in [-0.05, 0) is 74.5 Å². The summed E-state index contributed by atoms with van der Waals surface area (Å²) in [7, 11) is 0. The maximum Gasteiger partial charge on any atom is 0.00562 e. The zero-order valence-electron chi connectivity index (χ0n) is 22.7. The Morgan fingerprint density at radius 3 is 0.583 bits per heavy atom. The minimum Gasteiger partial charge on any atom is -0.103 e. The van der Waals surface area contributed by atoms with E-state index >= 15 is 0 Å². The lowest BCUT2D eigenvalue weighted by Gasteiger charge is -2.40. The number of benzene rings is 1. The lowest BCUT2D eigenvalue weighted by molar-refractivity contribution is 0.411. The van der Waals surface area contributed by atoms with Gasteiger partial charge in [0.15, 0.2) is 0 Å². The molecule has 0 aliphatic heterocycles. The monoisotopic (exact) mass is 480 g/mol. The fraction of sp³-hybridized carbons (Fsp3) is 0.333. The summed E-state index contributed by atoms with van der Waals surface area (Å²) in [6.07, 6.45) is 25.7. The van der Waals surface area contributed by atoms with Crippen molar-refractivity contribution in [1.82, 2.24) is 0 Å². The van der Waals surface area contributed by atoms with Gasteiger partial charge in [0.05, 0.1) is 0 Å². The molecule has 0 amide bonds.